The number of aromatic nitrogens is 3. The van der Waals surface area contributed by atoms with Gasteiger partial charge in [0, 0.05) is 51.4 Å². The molecule has 27 heavy (non-hydrogen) atoms. The molecule has 3 heterocycles. The second-order valence-electron chi connectivity index (χ2n) is 6.98. The standard InChI is InChI=1S/C19H25N5O3/c1-14(2)24-10-16(8-21-24)19(26)23-12-17(27-3)11-22(18(25)13-23)9-15-5-4-6-20-7-15/h4-8,10,14,17H,9,11-13H2,1-3H3/t17-/m0/s1. The van der Waals surface area contributed by atoms with Gasteiger partial charge in [-0.2, -0.15) is 5.10 Å². The molecule has 0 aliphatic carbocycles. The summed E-state index contributed by atoms with van der Waals surface area (Å²) in [6, 6.07) is 3.93. The molecule has 0 spiro atoms. The Kier molecular flexibility index (Phi) is 5.85. The summed E-state index contributed by atoms with van der Waals surface area (Å²) in [4.78, 5) is 33.0. The summed E-state index contributed by atoms with van der Waals surface area (Å²) in [6.45, 7) is 5.24. The number of carbonyl (C=O) groups excluding carboxylic acids is 2. The molecular weight excluding hydrogens is 346 g/mol. The number of methoxy groups -OCH3 is 1. The molecule has 1 saturated heterocycles. The van der Waals surface area contributed by atoms with Crippen molar-refractivity contribution in [3.63, 3.8) is 0 Å². The van der Waals surface area contributed by atoms with Gasteiger partial charge in [-0.05, 0) is 25.5 Å². The van der Waals surface area contributed by atoms with Gasteiger partial charge in [-0.1, -0.05) is 6.07 Å². The van der Waals surface area contributed by atoms with Crippen LogP contribution in [0.4, 0.5) is 0 Å². The molecule has 3 rings (SSSR count). The van der Waals surface area contributed by atoms with Crippen LogP contribution in [-0.2, 0) is 16.1 Å². The second kappa shape index (κ2) is 8.30. The van der Waals surface area contributed by atoms with Gasteiger partial charge in [0.25, 0.3) is 5.91 Å². The third-order valence-corrected chi connectivity index (χ3v) is 4.62. The summed E-state index contributed by atoms with van der Waals surface area (Å²) < 4.78 is 7.25. The lowest BCUT2D eigenvalue weighted by atomic mass is 10.2. The van der Waals surface area contributed by atoms with Crippen LogP contribution < -0.4 is 0 Å². The molecule has 0 unspecified atom stereocenters. The first-order valence-corrected chi connectivity index (χ1v) is 9.00. The van der Waals surface area contributed by atoms with Crippen molar-refractivity contribution in [3.8, 4) is 0 Å². The van der Waals surface area contributed by atoms with Gasteiger partial charge in [0.1, 0.15) is 6.54 Å². The summed E-state index contributed by atoms with van der Waals surface area (Å²) in [5.41, 5.74) is 1.42. The molecule has 0 radical (unpaired) electrons. The molecule has 2 aromatic rings. The summed E-state index contributed by atoms with van der Waals surface area (Å²) >= 11 is 0. The number of amides is 2. The number of hydrogen-bond donors (Lipinski definition) is 0. The van der Waals surface area contributed by atoms with Gasteiger partial charge in [0.2, 0.25) is 5.91 Å². The number of hydrogen-bond acceptors (Lipinski definition) is 5. The Labute approximate surface area is 158 Å². The van der Waals surface area contributed by atoms with Gasteiger partial charge in [0.05, 0.1) is 17.9 Å². The maximum absolute atomic E-state index is 12.9. The van der Waals surface area contributed by atoms with Gasteiger partial charge in [0.15, 0.2) is 0 Å². The molecule has 1 fully saturated rings. The Balaban J connectivity index is 1.75. The monoisotopic (exact) mass is 371 g/mol. The van der Waals surface area contributed by atoms with E-state index in [4.69, 9.17) is 4.74 Å². The highest BCUT2D eigenvalue weighted by atomic mass is 16.5. The minimum Gasteiger partial charge on any atom is -0.378 e. The van der Waals surface area contributed by atoms with E-state index in [9.17, 15) is 9.59 Å². The molecule has 1 aliphatic heterocycles. The van der Waals surface area contributed by atoms with Crippen LogP contribution in [0, 0.1) is 0 Å². The SMILES string of the molecule is CO[C@H]1CN(Cc2cccnc2)C(=O)CN(C(=O)c2cnn(C(C)C)c2)C1. The van der Waals surface area contributed by atoms with E-state index < -0.39 is 0 Å². The average Bonchev–Trinajstić information content (AvgIpc) is 3.10. The highest BCUT2D eigenvalue weighted by Crippen LogP contribution is 2.15. The molecule has 1 atom stereocenters. The van der Waals surface area contributed by atoms with E-state index in [-0.39, 0.29) is 30.5 Å². The van der Waals surface area contributed by atoms with Crippen molar-refractivity contribution >= 4 is 11.8 Å². The first-order chi connectivity index (χ1) is 13.0. The van der Waals surface area contributed by atoms with Crippen LogP contribution in [0.2, 0.25) is 0 Å². The van der Waals surface area contributed by atoms with Crippen molar-refractivity contribution in [2.24, 2.45) is 0 Å². The second-order valence-corrected chi connectivity index (χ2v) is 6.98. The predicted octanol–water partition coefficient (Wildman–Crippen LogP) is 1.36. The van der Waals surface area contributed by atoms with Crippen molar-refractivity contribution in [2.45, 2.75) is 32.5 Å². The van der Waals surface area contributed by atoms with Crippen LogP contribution in [-0.4, -0.2) is 69.2 Å². The van der Waals surface area contributed by atoms with E-state index in [2.05, 4.69) is 10.1 Å². The number of carbonyl (C=O) groups is 2. The zero-order valence-corrected chi connectivity index (χ0v) is 15.9. The molecule has 144 valence electrons. The fourth-order valence-corrected chi connectivity index (χ4v) is 3.06. The number of ether oxygens (including phenoxy) is 1. The zero-order chi connectivity index (χ0) is 19.4. The zero-order valence-electron chi connectivity index (χ0n) is 15.9. The van der Waals surface area contributed by atoms with Gasteiger partial charge < -0.3 is 14.5 Å². The van der Waals surface area contributed by atoms with Crippen molar-refractivity contribution in [1.82, 2.24) is 24.6 Å². The van der Waals surface area contributed by atoms with Crippen LogP contribution in [0.3, 0.4) is 0 Å². The van der Waals surface area contributed by atoms with Crippen molar-refractivity contribution in [2.75, 3.05) is 26.7 Å². The normalized spacial score (nSPS) is 18.1. The van der Waals surface area contributed by atoms with Gasteiger partial charge in [-0.15, -0.1) is 0 Å². The summed E-state index contributed by atoms with van der Waals surface area (Å²) in [5, 5.41) is 4.22. The summed E-state index contributed by atoms with van der Waals surface area (Å²) in [5.74, 6) is -0.316. The fraction of sp³-hybridized carbons (Fsp3) is 0.474. The summed E-state index contributed by atoms with van der Waals surface area (Å²) in [6.07, 6.45) is 6.45. The smallest absolute Gasteiger partial charge is 0.257 e. The van der Waals surface area contributed by atoms with Gasteiger partial charge >= 0.3 is 0 Å². The lowest BCUT2D eigenvalue weighted by molar-refractivity contribution is -0.132. The molecule has 0 aromatic carbocycles. The van der Waals surface area contributed by atoms with Crippen molar-refractivity contribution in [3.05, 3.63) is 48.0 Å². The highest BCUT2D eigenvalue weighted by Gasteiger charge is 2.31. The number of rotatable bonds is 5. The predicted molar refractivity (Wildman–Crippen MR) is 99.0 cm³/mol. The molecule has 8 heteroatoms. The van der Waals surface area contributed by atoms with Crippen LogP contribution in [0.5, 0.6) is 0 Å². The minimum absolute atomic E-state index is 0.0197. The number of nitrogens with zero attached hydrogens (tertiary/aromatic N) is 5. The first kappa shape index (κ1) is 19.0. The molecule has 8 nitrogen and oxygen atoms in total. The summed E-state index contributed by atoms with van der Waals surface area (Å²) in [7, 11) is 1.60. The van der Waals surface area contributed by atoms with Gasteiger partial charge in [-0.3, -0.25) is 19.3 Å². The molecule has 1 aliphatic rings. The average molecular weight is 371 g/mol. The highest BCUT2D eigenvalue weighted by molar-refractivity contribution is 5.96. The molecule has 0 bridgehead atoms. The Bertz CT molecular complexity index is 790. The number of pyridine rings is 1. The molecule has 2 aromatic heterocycles. The van der Waals surface area contributed by atoms with Crippen molar-refractivity contribution in [1.29, 1.82) is 0 Å². The van der Waals surface area contributed by atoms with Crippen molar-refractivity contribution < 1.29 is 14.3 Å². The van der Waals surface area contributed by atoms with Crippen LogP contribution in [0.1, 0.15) is 35.8 Å². The fourth-order valence-electron chi connectivity index (χ4n) is 3.06. The van der Waals surface area contributed by atoms with Gasteiger partial charge in [-0.25, -0.2) is 0 Å². The first-order valence-electron chi connectivity index (χ1n) is 9.00. The Morgan fingerprint density at radius 3 is 2.78 bits per heavy atom. The van der Waals surface area contributed by atoms with E-state index in [1.54, 1.807) is 46.4 Å². The minimum atomic E-state index is -0.253. The molecular formula is C19H25N5O3. The van der Waals surface area contributed by atoms with E-state index in [1.807, 2.05) is 26.0 Å². The van der Waals surface area contributed by atoms with E-state index in [0.717, 1.165) is 5.56 Å². The quantitative estimate of drug-likeness (QED) is 0.793. The van der Waals surface area contributed by atoms with Crippen LogP contribution in [0.15, 0.2) is 36.9 Å². The van der Waals surface area contributed by atoms with E-state index in [0.29, 0.717) is 25.2 Å². The lowest BCUT2D eigenvalue weighted by Crippen LogP contribution is -2.39. The molecule has 0 N–H and O–H groups in total. The Morgan fingerprint density at radius 1 is 1.33 bits per heavy atom. The molecule has 2 amide bonds. The Morgan fingerprint density at radius 2 is 2.15 bits per heavy atom. The maximum atomic E-state index is 12.9. The third-order valence-electron chi connectivity index (χ3n) is 4.62. The topological polar surface area (TPSA) is 80.6 Å². The van der Waals surface area contributed by atoms with Crippen LogP contribution >= 0.6 is 0 Å². The Hall–Kier alpha value is -2.74. The molecule has 0 saturated carbocycles. The maximum Gasteiger partial charge on any atom is 0.257 e. The van der Waals surface area contributed by atoms with E-state index >= 15 is 0 Å². The van der Waals surface area contributed by atoms with Crippen LogP contribution in [0.25, 0.3) is 0 Å². The van der Waals surface area contributed by atoms with E-state index in [1.165, 1.54) is 0 Å². The third kappa shape index (κ3) is 4.51. The lowest BCUT2D eigenvalue weighted by Gasteiger charge is -2.23. The largest absolute Gasteiger partial charge is 0.378 e.